The monoisotopic (exact) mass is 458 g/mol. The van der Waals surface area contributed by atoms with Crippen molar-refractivity contribution in [3.05, 3.63) is 83.7 Å². The van der Waals surface area contributed by atoms with E-state index in [4.69, 9.17) is 14.2 Å². The number of aryl methyl sites for hydroxylation is 1. The van der Waals surface area contributed by atoms with Gasteiger partial charge in [0.1, 0.15) is 0 Å². The van der Waals surface area contributed by atoms with Crippen molar-refractivity contribution in [1.29, 1.82) is 0 Å². The Labute approximate surface area is 198 Å². The topological polar surface area (TPSA) is 87.5 Å². The lowest BCUT2D eigenvalue weighted by atomic mass is 10.1. The Balaban J connectivity index is 1.62. The number of benzene rings is 3. The SMILES string of the molecule is COc1cc(CNC(=O)c2nc(-c3ccccc3)n(-c3ccc(C)cc3)n2)cc(OC)c1OC. The minimum absolute atomic E-state index is 0.0758. The third kappa shape index (κ3) is 4.71. The summed E-state index contributed by atoms with van der Waals surface area (Å²) < 4.78 is 17.8. The standard InChI is InChI=1S/C26H26N4O4/c1-17-10-12-20(13-11-17)30-25(19-8-6-5-7-9-19)28-24(29-30)26(31)27-16-18-14-21(32-2)23(34-4)22(15-18)33-3/h5-15H,16H2,1-4H3,(H,27,31). The smallest absolute Gasteiger partial charge is 0.291 e. The molecule has 0 saturated heterocycles. The second-order valence-electron chi connectivity index (χ2n) is 7.59. The Kier molecular flexibility index (Phi) is 6.77. The quantitative estimate of drug-likeness (QED) is 0.426. The Morgan fingerprint density at radius 3 is 2.15 bits per heavy atom. The fourth-order valence-electron chi connectivity index (χ4n) is 3.55. The van der Waals surface area contributed by atoms with E-state index in [0.29, 0.717) is 23.1 Å². The van der Waals surface area contributed by atoms with Gasteiger partial charge in [-0.15, -0.1) is 5.10 Å². The van der Waals surface area contributed by atoms with E-state index in [9.17, 15) is 4.79 Å². The summed E-state index contributed by atoms with van der Waals surface area (Å²) in [7, 11) is 4.64. The van der Waals surface area contributed by atoms with Gasteiger partial charge in [-0.1, -0.05) is 48.0 Å². The first-order valence-electron chi connectivity index (χ1n) is 10.7. The number of aromatic nitrogens is 3. The van der Waals surface area contributed by atoms with Gasteiger partial charge >= 0.3 is 0 Å². The predicted octanol–water partition coefficient (Wildman–Crippen LogP) is 4.20. The summed E-state index contributed by atoms with van der Waals surface area (Å²) in [4.78, 5) is 17.6. The molecule has 8 nitrogen and oxygen atoms in total. The number of carbonyl (C=O) groups is 1. The Morgan fingerprint density at radius 1 is 0.912 bits per heavy atom. The average Bonchev–Trinajstić information content (AvgIpc) is 3.33. The van der Waals surface area contributed by atoms with E-state index in [2.05, 4.69) is 15.4 Å². The van der Waals surface area contributed by atoms with Gasteiger partial charge in [-0.2, -0.15) is 0 Å². The maximum atomic E-state index is 13.0. The van der Waals surface area contributed by atoms with Crippen molar-refractivity contribution in [1.82, 2.24) is 20.1 Å². The molecule has 1 heterocycles. The number of ether oxygens (including phenoxy) is 3. The first kappa shape index (κ1) is 22.8. The summed E-state index contributed by atoms with van der Waals surface area (Å²) >= 11 is 0. The molecule has 0 aliphatic rings. The van der Waals surface area contributed by atoms with E-state index in [-0.39, 0.29) is 12.4 Å². The first-order valence-corrected chi connectivity index (χ1v) is 10.7. The normalized spacial score (nSPS) is 10.6. The lowest BCUT2D eigenvalue weighted by Crippen LogP contribution is -2.24. The van der Waals surface area contributed by atoms with Crippen molar-refractivity contribution in [2.24, 2.45) is 0 Å². The fourth-order valence-corrected chi connectivity index (χ4v) is 3.55. The fraction of sp³-hybridized carbons (Fsp3) is 0.192. The number of nitrogens with zero attached hydrogens (tertiary/aromatic N) is 3. The highest BCUT2D eigenvalue weighted by atomic mass is 16.5. The molecule has 1 amide bonds. The summed E-state index contributed by atoms with van der Waals surface area (Å²) in [5.74, 6) is 1.79. The molecule has 0 aliphatic heterocycles. The highest BCUT2D eigenvalue weighted by Crippen LogP contribution is 2.38. The Hall–Kier alpha value is -4.33. The van der Waals surface area contributed by atoms with E-state index in [0.717, 1.165) is 22.4 Å². The van der Waals surface area contributed by atoms with Crippen LogP contribution in [0.3, 0.4) is 0 Å². The van der Waals surface area contributed by atoms with Gasteiger partial charge in [0.15, 0.2) is 17.3 Å². The minimum atomic E-state index is -0.392. The largest absolute Gasteiger partial charge is 0.493 e. The van der Waals surface area contributed by atoms with Crippen LogP contribution in [0.15, 0.2) is 66.7 Å². The van der Waals surface area contributed by atoms with Crippen LogP contribution in [0, 0.1) is 6.92 Å². The maximum Gasteiger partial charge on any atom is 0.291 e. The third-order valence-corrected chi connectivity index (χ3v) is 5.30. The molecule has 1 N–H and O–H groups in total. The molecule has 8 heteroatoms. The molecule has 0 bridgehead atoms. The number of hydrogen-bond donors (Lipinski definition) is 1. The van der Waals surface area contributed by atoms with Crippen molar-refractivity contribution < 1.29 is 19.0 Å². The molecule has 0 radical (unpaired) electrons. The molecule has 4 rings (SSSR count). The molecule has 4 aromatic rings. The van der Waals surface area contributed by atoms with Gasteiger partial charge in [0.25, 0.3) is 5.91 Å². The van der Waals surface area contributed by atoms with Crippen LogP contribution in [0.2, 0.25) is 0 Å². The van der Waals surface area contributed by atoms with Crippen molar-refractivity contribution in [3.8, 4) is 34.3 Å². The van der Waals surface area contributed by atoms with Gasteiger partial charge in [-0.25, -0.2) is 9.67 Å². The zero-order valence-electron chi connectivity index (χ0n) is 19.5. The molecule has 0 unspecified atom stereocenters. The van der Waals surface area contributed by atoms with Crippen LogP contribution >= 0.6 is 0 Å². The molecule has 1 aromatic heterocycles. The van der Waals surface area contributed by atoms with Crippen LogP contribution in [0.5, 0.6) is 17.2 Å². The molecule has 34 heavy (non-hydrogen) atoms. The summed E-state index contributed by atoms with van der Waals surface area (Å²) in [6, 6.07) is 21.1. The van der Waals surface area contributed by atoms with Crippen LogP contribution in [-0.4, -0.2) is 42.0 Å². The van der Waals surface area contributed by atoms with E-state index in [1.807, 2.05) is 61.5 Å². The number of carbonyl (C=O) groups excluding carboxylic acids is 1. The summed E-state index contributed by atoms with van der Waals surface area (Å²) in [6.45, 7) is 2.25. The third-order valence-electron chi connectivity index (χ3n) is 5.30. The van der Waals surface area contributed by atoms with Crippen molar-refractivity contribution in [3.63, 3.8) is 0 Å². The Morgan fingerprint density at radius 2 is 1.56 bits per heavy atom. The number of rotatable bonds is 8. The molecule has 3 aromatic carbocycles. The Bertz CT molecular complexity index is 1260. The summed E-state index contributed by atoms with van der Waals surface area (Å²) in [5, 5.41) is 7.40. The second kappa shape index (κ2) is 10.1. The van der Waals surface area contributed by atoms with Crippen molar-refractivity contribution in [2.75, 3.05) is 21.3 Å². The number of hydrogen-bond acceptors (Lipinski definition) is 6. The zero-order chi connectivity index (χ0) is 24.1. The van der Waals surface area contributed by atoms with Crippen molar-refractivity contribution in [2.45, 2.75) is 13.5 Å². The highest BCUT2D eigenvalue weighted by Gasteiger charge is 2.19. The van der Waals surface area contributed by atoms with E-state index >= 15 is 0 Å². The van der Waals surface area contributed by atoms with Crippen LogP contribution in [0.25, 0.3) is 17.1 Å². The van der Waals surface area contributed by atoms with E-state index in [1.54, 1.807) is 38.1 Å². The average molecular weight is 459 g/mol. The summed E-state index contributed by atoms with van der Waals surface area (Å²) in [6.07, 6.45) is 0. The van der Waals surface area contributed by atoms with Gasteiger partial charge < -0.3 is 19.5 Å². The van der Waals surface area contributed by atoms with Crippen LogP contribution in [-0.2, 0) is 6.54 Å². The minimum Gasteiger partial charge on any atom is -0.493 e. The maximum absolute atomic E-state index is 13.0. The van der Waals surface area contributed by atoms with Crippen molar-refractivity contribution >= 4 is 5.91 Å². The van der Waals surface area contributed by atoms with E-state index in [1.165, 1.54) is 0 Å². The lowest BCUT2D eigenvalue weighted by Gasteiger charge is -2.14. The summed E-state index contributed by atoms with van der Waals surface area (Å²) in [5.41, 5.74) is 3.59. The van der Waals surface area contributed by atoms with Gasteiger partial charge in [0.05, 0.1) is 27.0 Å². The number of methoxy groups -OCH3 is 3. The second-order valence-corrected chi connectivity index (χ2v) is 7.59. The van der Waals surface area contributed by atoms with Gasteiger partial charge in [-0.05, 0) is 36.8 Å². The molecular weight excluding hydrogens is 432 g/mol. The predicted molar refractivity (Wildman–Crippen MR) is 129 cm³/mol. The lowest BCUT2D eigenvalue weighted by molar-refractivity contribution is 0.0940. The first-order chi connectivity index (χ1) is 16.5. The van der Waals surface area contributed by atoms with Gasteiger partial charge in [0.2, 0.25) is 11.6 Å². The molecule has 174 valence electrons. The molecule has 0 aliphatic carbocycles. The van der Waals surface area contributed by atoms with Crippen LogP contribution in [0.1, 0.15) is 21.7 Å². The van der Waals surface area contributed by atoms with Crippen LogP contribution in [0.4, 0.5) is 0 Å². The zero-order valence-corrected chi connectivity index (χ0v) is 19.5. The van der Waals surface area contributed by atoms with Gasteiger partial charge in [-0.3, -0.25) is 4.79 Å². The number of amides is 1. The molecule has 0 spiro atoms. The van der Waals surface area contributed by atoms with E-state index < -0.39 is 5.91 Å². The molecular formula is C26H26N4O4. The molecule has 0 saturated carbocycles. The molecule has 0 atom stereocenters. The van der Waals surface area contributed by atoms with Crippen LogP contribution < -0.4 is 19.5 Å². The highest BCUT2D eigenvalue weighted by molar-refractivity contribution is 5.91. The molecule has 0 fully saturated rings. The van der Waals surface area contributed by atoms with Gasteiger partial charge in [0, 0.05) is 12.1 Å². The number of nitrogens with one attached hydrogen (secondary N) is 1.